The molecule has 1 amide bonds. The number of hydrogen-bond acceptors (Lipinski definition) is 4. The number of nitrogens with zero attached hydrogens (tertiary/aromatic N) is 1. The monoisotopic (exact) mass is 336 g/mol. The summed E-state index contributed by atoms with van der Waals surface area (Å²) in [5.41, 5.74) is 2.54. The molecule has 5 heteroatoms. The van der Waals surface area contributed by atoms with Gasteiger partial charge in [0.25, 0.3) is 0 Å². The number of amides is 1. The van der Waals surface area contributed by atoms with Crippen molar-refractivity contribution in [1.82, 2.24) is 5.16 Å². The molecule has 1 aromatic heterocycles. The molecule has 0 radical (unpaired) electrons. The van der Waals surface area contributed by atoms with E-state index in [2.05, 4.69) is 10.5 Å². The summed E-state index contributed by atoms with van der Waals surface area (Å²) in [7, 11) is 0. The smallest absolute Gasteiger partial charge is 0.224 e. The third-order valence-corrected chi connectivity index (χ3v) is 3.88. The van der Waals surface area contributed by atoms with E-state index in [1.165, 1.54) is 0 Å². The van der Waals surface area contributed by atoms with Crippen LogP contribution in [-0.2, 0) is 11.2 Å². The fourth-order valence-electron chi connectivity index (χ4n) is 2.58. The third kappa shape index (κ3) is 4.47. The van der Waals surface area contributed by atoms with Crippen molar-refractivity contribution in [3.05, 3.63) is 71.6 Å². The Balaban J connectivity index is 1.59. The van der Waals surface area contributed by atoms with Crippen molar-refractivity contribution in [3.63, 3.8) is 0 Å². The molecule has 1 N–H and O–H groups in total. The minimum atomic E-state index is -0.0585. The maximum Gasteiger partial charge on any atom is 0.224 e. The van der Waals surface area contributed by atoms with Crippen molar-refractivity contribution in [3.8, 4) is 11.5 Å². The molecular weight excluding hydrogens is 316 g/mol. The highest BCUT2D eigenvalue weighted by Crippen LogP contribution is 2.24. The molecule has 0 aliphatic rings. The first-order valence-electron chi connectivity index (χ1n) is 8.16. The topological polar surface area (TPSA) is 64.4 Å². The van der Waals surface area contributed by atoms with Gasteiger partial charge in [-0.25, -0.2) is 0 Å². The molecule has 5 nitrogen and oxygen atoms in total. The Morgan fingerprint density at radius 2 is 1.84 bits per heavy atom. The predicted octanol–water partition coefficient (Wildman–Crippen LogP) is 4.66. The second-order valence-electron chi connectivity index (χ2n) is 5.79. The highest BCUT2D eigenvalue weighted by molar-refractivity contribution is 5.91. The Morgan fingerprint density at radius 1 is 1.08 bits per heavy atom. The zero-order chi connectivity index (χ0) is 17.6. The Bertz CT molecular complexity index is 837. The predicted molar refractivity (Wildman–Crippen MR) is 95.9 cm³/mol. The van der Waals surface area contributed by atoms with Crippen LogP contribution in [0, 0.1) is 13.8 Å². The normalized spacial score (nSPS) is 10.5. The van der Waals surface area contributed by atoms with Gasteiger partial charge in [0, 0.05) is 23.7 Å². The number of rotatable bonds is 6. The SMILES string of the molecule is Cc1noc(C)c1CCC(=O)Nc1cccc(Oc2ccccc2)c1. The van der Waals surface area contributed by atoms with Crippen LogP contribution >= 0.6 is 0 Å². The molecule has 0 saturated carbocycles. The minimum absolute atomic E-state index is 0.0585. The maximum atomic E-state index is 12.2. The van der Waals surface area contributed by atoms with Gasteiger partial charge in [-0.15, -0.1) is 0 Å². The number of carbonyl (C=O) groups excluding carboxylic acids is 1. The summed E-state index contributed by atoms with van der Waals surface area (Å²) in [6.45, 7) is 3.74. The molecule has 2 aromatic carbocycles. The van der Waals surface area contributed by atoms with Crippen LogP contribution in [0.4, 0.5) is 5.69 Å². The number of nitrogens with one attached hydrogen (secondary N) is 1. The van der Waals surface area contributed by atoms with Gasteiger partial charge >= 0.3 is 0 Å². The minimum Gasteiger partial charge on any atom is -0.457 e. The Morgan fingerprint density at radius 3 is 2.56 bits per heavy atom. The molecule has 128 valence electrons. The van der Waals surface area contributed by atoms with Gasteiger partial charge in [-0.1, -0.05) is 29.4 Å². The number of carbonyl (C=O) groups is 1. The fourth-order valence-corrected chi connectivity index (χ4v) is 2.58. The molecule has 0 unspecified atom stereocenters. The molecule has 0 atom stereocenters. The Hall–Kier alpha value is -3.08. The van der Waals surface area contributed by atoms with Gasteiger partial charge in [-0.05, 0) is 44.5 Å². The van der Waals surface area contributed by atoms with E-state index in [0.717, 1.165) is 22.8 Å². The van der Waals surface area contributed by atoms with Crippen LogP contribution in [0.25, 0.3) is 0 Å². The molecule has 3 rings (SSSR count). The summed E-state index contributed by atoms with van der Waals surface area (Å²) in [6, 6.07) is 16.9. The second-order valence-corrected chi connectivity index (χ2v) is 5.79. The molecule has 1 heterocycles. The first kappa shape index (κ1) is 16.8. The molecule has 0 saturated heterocycles. The van der Waals surface area contributed by atoms with Gasteiger partial charge in [-0.2, -0.15) is 0 Å². The summed E-state index contributed by atoms with van der Waals surface area (Å²) in [4.78, 5) is 12.2. The van der Waals surface area contributed by atoms with Crippen LogP contribution < -0.4 is 10.1 Å². The number of para-hydroxylation sites is 1. The van der Waals surface area contributed by atoms with Gasteiger partial charge < -0.3 is 14.6 Å². The van der Waals surface area contributed by atoms with Gasteiger partial charge in [0.2, 0.25) is 5.91 Å². The van der Waals surface area contributed by atoms with Crippen LogP contribution in [0.2, 0.25) is 0 Å². The van der Waals surface area contributed by atoms with Crippen molar-refractivity contribution < 1.29 is 14.1 Å². The zero-order valence-electron chi connectivity index (χ0n) is 14.3. The lowest BCUT2D eigenvalue weighted by atomic mass is 10.1. The highest BCUT2D eigenvalue weighted by atomic mass is 16.5. The van der Waals surface area contributed by atoms with Crippen LogP contribution in [0.15, 0.2) is 59.1 Å². The highest BCUT2D eigenvalue weighted by Gasteiger charge is 2.11. The van der Waals surface area contributed by atoms with Crippen molar-refractivity contribution >= 4 is 11.6 Å². The van der Waals surface area contributed by atoms with Crippen LogP contribution in [0.5, 0.6) is 11.5 Å². The first-order valence-corrected chi connectivity index (χ1v) is 8.16. The largest absolute Gasteiger partial charge is 0.457 e. The molecule has 0 aliphatic carbocycles. The number of anilines is 1. The van der Waals surface area contributed by atoms with Gasteiger partial charge in [0.15, 0.2) is 0 Å². The Kier molecular flexibility index (Phi) is 5.14. The van der Waals surface area contributed by atoms with E-state index in [1.54, 1.807) is 6.07 Å². The van der Waals surface area contributed by atoms with E-state index in [9.17, 15) is 4.79 Å². The summed E-state index contributed by atoms with van der Waals surface area (Å²) in [6.07, 6.45) is 0.972. The van der Waals surface area contributed by atoms with E-state index in [-0.39, 0.29) is 5.91 Å². The molecule has 3 aromatic rings. The molecule has 0 spiro atoms. The molecule has 0 bridgehead atoms. The quantitative estimate of drug-likeness (QED) is 0.711. The van der Waals surface area contributed by atoms with Gasteiger partial charge in [-0.3, -0.25) is 4.79 Å². The Labute approximate surface area is 146 Å². The van der Waals surface area contributed by atoms with E-state index in [0.29, 0.717) is 24.3 Å². The van der Waals surface area contributed by atoms with Crippen LogP contribution in [0.1, 0.15) is 23.4 Å². The fraction of sp³-hybridized carbons (Fsp3) is 0.200. The van der Waals surface area contributed by atoms with E-state index in [1.807, 2.05) is 62.4 Å². The second kappa shape index (κ2) is 7.66. The lowest BCUT2D eigenvalue weighted by Gasteiger charge is -2.09. The maximum absolute atomic E-state index is 12.2. The lowest BCUT2D eigenvalue weighted by molar-refractivity contribution is -0.116. The number of ether oxygens (including phenoxy) is 1. The van der Waals surface area contributed by atoms with Gasteiger partial charge in [0.05, 0.1) is 5.69 Å². The summed E-state index contributed by atoms with van der Waals surface area (Å²) in [5, 5.41) is 6.81. The van der Waals surface area contributed by atoms with E-state index in [4.69, 9.17) is 9.26 Å². The molecular formula is C20H20N2O3. The van der Waals surface area contributed by atoms with Crippen molar-refractivity contribution in [2.24, 2.45) is 0 Å². The number of aryl methyl sites for hydroxylation is 2. The van der Waals surface area contributed by atoms with Crippen molar-refractivity contribution in [2.45, 2.75) is 26.7 Å². The molecule has 0 fully saturated rings. The van der Waals surface area contributed by atoms with Gasteiger partial charge in [0.1, 0.15) is 17.3 Å². The summed E-state index contributed by atoms with van der Waals surface area (Å²) >= 11 is 0. The summed E-state index contributed by atoms with van der Waals surface area (Å²) in [5.74, 6) is 2.14. The number of aromatic nitrogens is 1. The van der Waals surface area contributed by atoms with Crippen LogP contribution in [0.3, 0.4) is 0 Å². The van der Waals surface area contributed by atoms with Crippen molar-refractivity contribution in [2.75, 3.05) is 5.32 Å². The average Bonchev–Trinajstić information content (AvgIpc) is 2.92. The van der Waals surface area contributed by atoms with E-state index < -0.39 is 0 Å². The molecule has 0 aliphatic heterocycles. The average molecular weight is 336 g/mol. The zero-order valence-corrected chi connectivity index (χ0v) is 14.3. The first-order chi connectivity index (χ1) is 12.1. The third-order valence-electron chi connectivity index (χ3n) is 3.88. The van der Waals surface area contributed by atoms with Crippen molar-refractivity contribution in [1.29, 1.82) is 0 Å². The lowest BCUT2D eigenvalue weighted by Crippen LogP contribution is -2.12. The number of benzene rings is 2. The number of hydrogen-bond donors (Lipinski definition) is 1. The standard InChI is InChI=1S/C20H20N2O3/c1-14-19(15(2)25-22-14)11-12-20(23)21-16-7-6-10-18(13-16)24-17-8-4-3-5-9-17/h3-10,13H,11-12H2,1-2H3,(H,21,23). The molecule has 25 heavy (non-hydrogen) atoms. The van der Waals surface area contributed by atoms with Crippen LogP contribution in [-0.4, -0.2) is 11.1 Å². The summed E-state index contributed by atoms with van der Waals surface area (Å²) < 4.78 is 10.9. The van der Waals surface area contributed by atoms with E-state index >= 15 is 0 Å².